The van der Waals surface area contributed by atoms with Gasteiger partial charge in [0.1, 0.15) is 10.1 Å². The Balaban J connectivity index is 1.74. The highest BCUT2D eigenvalue weighted by Gasteiger charge is 2.31. The van der Waals surface area contributed by atoms with Gasteiger partial charge in [-0.05, 0) is 49.4 Å². The van der Waals surface area contributed by atoms with E-state index >= 15 is 0 Å². The molecular formula is C24H20N2O3S3. The molecule has 2 aromatic carbocycles. The fourth-order valence-electron chi connectivity index (χ4n) is 3.35. The van der Waals surface area contributed by atoms with Crippen LogP contribution in [0.2, 0.25) is 0 Å². The molecule has 0 bridgehead atoms. The molecule has 0 aliphatic carbocycles. The Labute approximate surface area is 200 Å². The lowest BCUT2D eigenvalue weighted by Crippen LogP contribution is -2.27. The highest BCUT2D eigenvalue weighted by molar-refractivity contribution is 8.26. The molecule has 1 amide bonds. The van der Waals surface area contributed by atoms with E-state index in [0.29, 0.717) is 21.3 Å². The summed E-state index contributed by atoms with van der Waals surface area (Å²) in [6.07, 6.45) is 5.11. The van der Waals surface area contributed by atoms with Crippen LogP contribution < -0.4 is 4.90 Å². The van der Waals surface area contributed by atoms with Crippen molar-refractivity contribution >= 4 is 57.4 Å². The first-order chi connectivity index (χ1) is 15.4. The van der Waals surface area contributed by atoms with Crippen molar-refractivity contribution in [2.75, 3.05) is 18.5 Å². The third-order valence-electron chi connectivity index (χ3n) is 5.06. The summed E-state index contributed by atoms with van der Waals surface area (Å²) in [5, 5.41) is 11.2. The van der Waals surface area contributed by atoms with E-state index in [1.54, 1.807) is 42.1 Å². The highest BCUT2D eigenvalue weighted by atomic mass is 32.2. The van der Waals surface area contributed by atoms with E-state index in [0.717, 1.165) is 15.6 Å². The number of aromatic hydroxyl groups is 1. The fraction of sp³-hybridized carbons (Fsp3) is 0.125. The van der Waals surface area contributed by atoms with Crippen molar-refractivity contribution in [1.29, 1.82) is 0 Å². The van der Waals surface area contributed by atoms with Crippen molar-refractivity contribution in [2.45, 2.75) is 11.8 Å². The molecule has 0 unspecified atom stereocenters. The molecule has 2 heterocycles. The molecule has 1 saturated heterocycles. The number of carbonyl (C=O) groups is 2. The smallest absolute Gasteiger partial charge is 0.266 e. The number of carbonyl (C=O) groups excluding carboxylic acids is 2. The van der Waals surface area contributed by atoms with Gasteiger partial charge in [0.25, 0.3) is 5.91 Å². The van der Waals surface area contributed by atoms with Crippen LogP contribution in [0.25, 0.3) is 0 Å². The summed E-state index contributed by atoms with van der Waals surface area (Å²) in [4.78, 5) is 31.1. The maximum atomic E-state index is 13.3. The van der Waals surface area contributed by atoms with Crippen LogP contribution >= 0.6 is 35.7 Å². The van der Waals surface area contributed by atoms with Crippen LogP contribution in [0.4, 0.5) is 5.69 Å². The van der Waals surface area contributed by atoms with Gasteiger partial charge in [0.05, 0.1) is 21.2 Å². The molecule has 5 nitrogen and oxygen atoms in total. The molecule has 0 atom stereocenters. The number of thioether (sulfide) groups is 2. The van der Waals surface area contributed by atoms with Crippen LogP contribution in [0, 0.1) is 0 Å². The third kappa shape index (κ3) is 4.26. The Bertz CT molecular complexity index is 1220. The molecule has 32 heavy (non-hydrogen) atoms. The maximum Gasteiger partial charge on any atom is 0.266 e. The molecule has 0 radical (unpaired) electrons. The van der Waals surface area contributed by atoms with Gasteiger partial charge in [0, 0.05) is 24.1 Å². The zero-order chi connectivity index (χ0) is 22.8. The summed E-state index contributed by atoms with van der Waals surface area (Å²) in [5.74, 6) is -0.693. The number of para-hydroxylation sites is 2. The number of phenols is 1. The van der Waals surface area contributed by atoms with Crippen molar-refractivity contribution in [3.63, 3.8) is 0 Å². The van der Waals surface area contributed by atoms with Crippen LogP contribution in [-0.2, 0) is 4.79 Å². The van der Waals surface area contributed by atoms with Gasteiger partial charge in [-0.3, -0.25) is 14.5 Å². The quantitative estimate of drug-likeness (QED) is 0.352. The summed E-state index contributed by atoms with van der Waals surface area (Å²) >= 11 is 8.08. The Morgan fingerprint density at radius 1 is 1.12 bits per heavy atom. The van der Waals surface area contributed by atoms with Gasteiger partial charge < -0.3 is 10.0 Å². The van der Waals surface area contributed by atoms with Crippen LogP contribution in [0.15, 0.2) is 87.2 Å². The van der Waals surface area contributed by atoms with Gasteiger partial charge >= 0.3 is 0 Å². The molecule has 2 aromatic rings. The van der Waals surface area contributed by atoms with Gasteiger partial charge in [0.2, 0.25) is 0 Å². The van der Waals surface area contributed by atoms with Gasteiger partial charge in [-0.1, -0.05) is 60.0 Å². The molecule has 162 valence electrons. The second-order valence-corrected chi connectivity index (χ2v) is 9.77. The minimum atomic E-state index is -0.370. The van der Waals surface area contributed by atoms with Crippen LogP contribution in [0.3, 0.4) is 0 Å². The maximum absolute atomic E-state index is 13.3. The van der Waals surface area contributed by atoms with E-state index in [1.165, 1.54) is 22.7 Å². The third-order valence-corrected chi connectivity index (χ3v) is 7.63. The van der Waals surface area contributed by atoms with Crippen molar-refractivity contribution in [3.05, 3.63) is 87.8 Å². The summed E-state index contributed by atoms with van der Waals surface area (Å²) < 4.78 is 0.470. The van der Waals surface area contributed by atoms with Gasteiger partial charge in [-0.2, -0.15) is 0 Å². The standard InChI is InChI=1S/C24H20N2O3S3/c1-3-26-23(29)20(32-24(26)30)14-15(22(28)16-8-4-6-10-18(16)27)12-13-21-25(2)17-9-5-7-11-19(17)31-21/h4-14,27H,3H2,1-2H3/b15-12-,20-14+,21-13-. The van der Waals surface area contributed by atoms with Gasteiger partial charge in [-0.25, -0.2) is 0 Å². The monoisotopic (exact) mass is 480 g/mol. The highest BCUT2D eigenvalue weighted by Crippen LogP contribution is 2.44. The van der Waals surface area contributed by atoms with E-state index in [1.807, 2.05) is 44.3 Å². The predicted molar refractivity (Wildman–Crippen MR) is 135 cm³/mol. The second-order valence-electron chi connectivity index (χ2n) is 7.03. The molecule has 1 N–H and O–H groups in total. The van der Waals surface area contributed by atoms with E-state index in [9.17, 15) is 14.7 Å². The number of hydrogen-bond acceptors (Lipinski definition) is 7. The number of anilines is 1. The number of rotatable bonds is 5. The second kappa shape index (κ2) is 9.36. The Morgan fingerprint density at radius 2 is 1.84 bits per heavy atom. The van der Waals surface area contributed by atoms with Crippen molar-refractivity contribution < 1.29 is 14.7 Å². The SMILES string of the molecule is CCN1C(=O)\C(=C/C(=C/C=C2\Sc3ccccc3N2C)C(=O)c2ccccc2O)SC1=S. The minimum absolute atomic E-state index is 0.106. The predicted octanol–water partition coefficient (Wildman–Crippen LogP) is 5.35. The number of phenolic OH excluding ortho intramolecular Hbond substituents is 1. The number of benzene rings is 2. The first-order valence-electron chi connectivity index (χ1n) is 9.91. The largest absolute Gasteiger partial charge is 0.507 e. The number of hydrogen-bond donors (Lipinski definition) is 1. The minimum Gasteiger partial charge on any atom is -0.507 e. The molecule has 0 saturated carbocycles. The van der Waals surface area contributed by atoms with Gasteiger partial charge in [-0.15, -0.1) is 0 Å². The summed E-state index contributed by atoms with van der Waals surface area (Å²) in [6, 6.07) is 14.4. The first kappa shape index (κ1) is 22.4. The molecule has 4 rings (SSSR count). The lowest BCUT2D eigenvalue weighted by atomic mass is 10.0. The van der Waals surface area contributed by atoms with E-state index in [-0.39, 0.29) is 23.0 Å². The number of Topliss-reactive ketones (excluding diaryl/α,β-unsaturated/α-hetero) is 1. The molecule has 0 aromatic heterocycles. The number of amides is 1. The lowest BCUT2D eigenvalue weighted by molar-refractivity contribution is -0.122. The van der Waals surface area contributed by atoms with Crippen molar-refractivity contribution in [3.8, 4) is 5.75 Å². The van der Waals surface area contributed by atoms with Crippen molar-refractivity contribution in [1.82, 2.24) is 4.90 Å². The summed E-state index contributed by atoms with van der Waals surface area (Å²) in [6.45, 7) is 2.32. The molecule has 2 aliphatic heterocycles. The lowest BCUT2D eigenvalue weighted by Gasteiger charge is -2.12. The van der Waals surface area contributed by atoms with Crippen LogP contribution in [0.5, 0.6) is 5.75 Å². The molecule has 0 spiro atoms. The number of likely N-dealkylation sites (N-methyl/N-ethyl adjacent to an activating group) is 1. The molecule has 8 heteroatoms. The molecule has 1 fully saturated rings. The average molecular weight is 481 g/mol. The zero-order valence-electron chi connectivity index (χ0n) is 17.4. The number of allylic oxidation sites excluding steroid dienone is 4. The Hall–Kier alpha value is -2.81. The topological polar surface area (TPSA) is 60.9 Å². The molecular weight excluding hydrogens is 460 g/mol. The zero-order valence-corrected chi connectivity index (χ0v) is 19.9. The first-order valence-corrected chi connectivity index (χ1v) is 12.0. The summed E-state index contributed by atoms with van der Waals surface area (Å²) in [7, 11) is 1.97. The van der Waals surface area contributed by atoms with E-state index in [4.69, 9.17) is 12.2 Å². The number of thiocarbonyl (C=S) groups is 1. The average Bonchev–Trinajstić information content (AvgIpc) is 3.25. The Kier molecular flexibility index (Phi) is 6.55. The van der Waals surface area contributed by atoms with Crippen LogP contribution in [-0.4, -0.2) is 39.6 Å². The van der Waals surface area contributed by atoms with Gasteiger partial charge in [0.15, 0.2) is 5.78 Å². The number of ketones is 1. The van der Waals surface area contributed by atoms with Crippen molar-refractivity contribution in [2.24, 2.45) is 0 Å². The fourth-order valence-corrected chi connectivity index (χ4v) is 5.78. The van der Waals surface area contributed by atoms with E-state index in [2.05, 4.69) is 4.90 Å². The Morgan fingerprint density at radius 3 is 2.53 bits per heavy atom. The number of fused-ring (bicyclic) bond motifs is 1. The number of nitrogens with zero attached hydrogens (tertiary/aromatic N) is 2. The summed E-state index contributed by atoms with van der Waals surface area (Å²) in [5.41, 5.74) is 1.56. The molecule has 2 aliphatic rings. The normalized spacial score (nSPS) is 18.8. The van der Waals surface area contributed by atoms with E-state index < -0.39 is 0 Å². The van der Waals surface area contributed by atoms with Crippen LogP contribution in [0.1, 0.15) is 17.3 Å².